The van der Waals surface area contributed by atoms with Gasteiger partial charge in [0.15, 0.2) is 0 Å². The van der Waals surface area contributed by atoms with E-state index in [0.717, 1.165) is 31.5 Å². The van der Waals surface area contributed by atoms with Crippen molar-refractivity contribution in [1.82, 2.24) is 5.43 Å². The van der Waals surface area contributed by atoms with Crippen molar-refractivity contribution in [3.63, 3.8) is 0 Å². The minimum absolute atomic E-state index is 0.200. The van der Waals surface area contributed by atoms with E-state index in [1.165, 1.54) is 0 Å². The molecule has 1 aliphatic rings. The second kappa shape index (κ2) is 6.20. The molecule has 3 aromatic carbocycles. The Labute approximate surface area is 153 Å². The molecular formula is C20H13IN2O. The summed E-state index contributed by atoms with van der Waals surface area (Å²) in [5.41, 5.74) is 8.52. The predicted molar refractivity (Wildman–Crippen MR) is 104 cm³/mol. The van der Waals surface area contributed by atoms with E-state index in [4.69, 9.17) is 0 Å². The molecule has 0 heterocycles. The number of hydrogen-bond acceptors (Lipinski definition) is 2. The Morgan fingerprint density at radius 2 is 1.25 bits per heavy atom. The lowest BCUT2D eigenvalue weighted by Gasteiger charge is -2.05. The highest BCUT2D eigenvalue weighted by atomic mass is 127. The minimum Gasteiger partial charge on any atom is -0.267 e. The van der Waals surface area contributed by atoms with Crippen molar-refractivity contribution in [2.75, 3.05) is 0 Å². The molecule has 0 aromatic heterocycles. The summed E-state index contributed by atoms with van der Waals surface area (Å²) < 4.78 is 0.903. The summed E-state index contributed by atoms with van der Waals surface area (Å²) in [5, 5.41) is 4.44. The zero-order valence-corrected chi connectivity index (χ0v) is 14.8. The van der Waals surface area contributed by atoms with Gasteiger partial charge in [-0.05, 0) is 45.9 Å². The van der Waals surface area contributed by atoms with Gasteiger partial charge in [-0.2, -0.15) is 5.10 Å². The Morgan fingerprint density at radius 1 is 0.750 bits per heavy atom. The first kappa shape index (κ1) is 15.1. The quantitative estimate of drug-likeness (QED) is 0.375. The lowest BCUT2D eigenvalue weighted by Crippen LogP contribution is -2.20. The number of halogens is 1. The van der Waals surface area contributed by atoms with Crippen molar-refractivity contribution < 1.29 is 4.79 Å². The molecule has 0 atom stereocenters. The average Bonchev–Trinajstić information content (AvgIpc) is 2.94. The Morgan fingerprint density at radius 3 is 1.83 bits per heavy atom. The third kappa shape index (κ3) is 2.53. The number of hydrazone groups is 1. The molecule has 1 aliphatic carbocycles. The van der Waals surface area contributed by atoms with Gasteiger partial charge in [0.1, 0.15) is 0 Å². The summed E-state index contributed by atoms with van der Waals surface area (Å²) in [6.45, 7) is 0. The van der Waals surface area contributed by atoms with Crippen LogP contribution in [-0.2, 0) is 0 Å². The highest BCUT2D eigenvalue weighted by Gasteiger charge is 2.24. The van der Waals surface area contributed by atoms with Crippen molar-refractivity contribution in [2.45, 2.75) is 0 Å². The standard InChI is InChI=1S/C20H13IN2O/c21-18-12-6-5-11-17(18)20(24)23-22-19-15-9-3-1-7-13(15)14-8-2-4-10-16(14)19/h1-12H,(H,23,24). The van der Waals surface area contributed by atoms with Crippen LogP contribution in [0.4, 0.5) is 0 Å². The molecule has 0 saturated carbocycles. The lowest BCUT2D eigenvalue weighted by molar-refractivity contribution is 0.0954. The Hall–Kier alpha value is -2.47. The van der Waals surface area contributed by atoms with Gasteiger partial charge >= 0.3 is 0 Å². The summed E-state index contributed by atoms with van der Waals surface area (Å²) >= 11 is 2.15. The first-order chi connectivity index (χ1) is 11.8. The second-order valence-electron chi connectivity index (χ2n) is 5.47. The van der Waals surface area contributed by atoms with E-state index in [-0.39, 0.29) is 5.91 Å². The molecule has 116 valence electrons. The molecule has 1 N–H and O–H groups in total. The number of amides is 1. The molecule has 0 radical (unpaired) electrons. The zero-order chi connectivity index (χ0) is 16.5. The van der Waals surface area contributed by atoms with Gasteiger partial charge < -0.3 is 0 Å². The molecule has 0 saturated heterocycles. The van der Waals surface area contributed by atoms with Gasteiger partial charge in [-0.15, -0.1) is 0 Å². The Kier molecular flexibility index (Phi) is 3.90. The summed E-state index contributed by atoms with van der Waals surface area (Å²) in [7, 11) is 0. The van der Waals surface area contributed by atoms with Gasteiger partial charge in [0.25, 0.3) is 5.91 Å². The number of nitrogens with one attached hydrogen (secondary N) is 1. The maximum atomic E-state index is 12.4. The fourth-order valence-corrected chi connectivity index (χ4v) is 3.56. The van der Waals surface area contributed by atoms with Crippen LogP contribution in [0.25, 0.3) is 11.1 Å². The molecule has 1 amide bonds. The predicted octanol–water partition coefficient (Wildman–Crippen LogP) is 4.45. The van der Waals surface area contributed by atoms with Crippen LogP contribution in [0, 0.1) is 3.57 Å². The van der Waals surface area contributed by atoms with Crippen molar-refractivity contribution in [3.8, 4) is 11.1 Å². The first-order valence-corrected chi connectivity index (χ1v) is 8.65. The van der Waals surface area contributed by atoms with Crippen molar-refractivity contribution in [2.24, 2.45) is 5.10 Å². The van der Waals surface area contributed by atoms with Crippen LogP contribution in [0.15, 0.2) is 77.9 Å². The molecule has 3 aromatic rings. The highest BCUT2D eigenvalue weighted by molar-refractivity contribution is 14.1. The van der Waals surface area contributed by atoms with E-state index < -0.39 is 0 Å². The number of hydrogen-bond donors (Lipinski definition) is 1. The van der Waals surface area contributed by atoms with Crippen LogP contribution >= 0.6 is 22.6 Å². The molecule has 4 heteroatoms. The number of carbonyl (C=O) groups is 1. The van der Waals surface area contributed by atoms with Gasteiger partial charge in [-0.1, -0.05) is 60.7 Å². The molecule has 24 heavy (non-hydrogen) atoms. The number of fused-ring (bicyclic) bond motifs is 3. The maximum absolute atomic E-state index is 12.4. The van der Waals surface area contributed by atoms with Gasteiger partial charge in [0.05, 0.1) is 11.3 Å². The fraction of sp³-hybridized carbons (Fsp3) is 0. The van der Waals surface area contributed by atoms with Crippen molar-refractivity contribution in [1.29, 1.82) is 0 Å². The van der Waals surface area contributed by atoms with Crippen molar-refractivity contribution >= 4 is 34.2 Å². The topological polar surface area (TPSA) is 41.5 Å². The molecule has 3 nitrogen and oxygen atoms in total. The molecule has 0 fully saturated rings. The van der Waals surface area contributed by atoms with Gasteiger partial charge in [-0.3, -0.25) is 4.79 Å². The number of nitrogens with zero attached hydrogens (tertiary/aromatic N) is 1. The number of benzene rings is 3. The SMILES string of the molecule is O=C(NN=C1c2ccccc2-c2ccccc21)c1ccccc1I. The summed E-state index contributed by atoms with van der Waals surface area (Å²) in [5.74, 6) is -0.200. The summed E-state index contributed by atoms with van der Waals surface area (Å²) in [6, 6.07) is 23.7. The molecular weight excluding hydrogens is 411 g/mol. The van der Waals surface area contributed by atoms with E-state index in [2.05, 4.69) is 45.3 Å². The largest absolute Gasteiger partial charge is 0.272 e. The second-order valence-corrected chi connectivity index (χ2v) is 6.63. The average molecular weight is 424 g/mol. The van der Waals surface area contributed by atoms with Crippen LogP contribution < -0.4 is 5.43 Å². The van der Waals surface area contributed by atoms with Crippen LogP contribution in [0.1, 0.15) is 21.5 Å². The van der Waals surface area contributed by atoms with Crippen LogP contribution in [0.2, 0.25) is 0 Å². The molecule has 0 unspecified atom stereocenters. The summed E-state index contributed by atoms with van der Waals surface area (Å²) in [6.07, 6.45) is 0. The van der Waals surface area contributed by atoms with Crippen LogP contribution in [-0.4, -0.2) is 11.6 Å². The zero-order valence-electron chi connectivity index (χ0n) is 12.7. The first-order valence-electron chi connectivity index (χ1n) is 7.57. The number of rotatable bonds is 2. The van der Waals surface area contributed by atoms with Crippen LogP contribution in [0.3, 0.4) is 0 Å². The van der Waals surface area contributed by atoms with E-state index >= 15 is 0 Å². The Balaban J connectivity index is 1.73. The number of carbonyl (C=O) groups excluding carboxylic acids is 1. The third-order valence-corrected chi connectivity index (χ3v) is 4.98. The smallest absolute Gasteiger partial charge is 0.267 e. The monoisotopic (exact) mass is 424 g/mol. The van der Waals surface area contributed by atoms with E-state index in [9.17, 15) is 4.79 Å². The van der Waals surface area contributed by atoms with Crippen molar-refractivity contribution in [3.05, 3.63) is 93.1 Å². The highest BCUT2D eigenvalue weighted by Crippen LogP contribution is 2.36. The van der Waals surface area contributed by atoms with E-state index in [0.29, 0.717) is 5.56 Å². The molecule has 4 rings (SSSR count). The summed E-state index contributed by atoms with van der Waals surface area (Å²) in [4.78, 5) is 12.4. The van der Waals surface area contributed by atoms with Gasteiger partial charge in [0, 0.05) is 14.7 Å². The normalized spacial score (nSPS) is 11.6. The molecule has 0 aliphatic heterocycles. The maximum Gasteiger partial charge on any atom is 0.272 e. The molecule has 0 spiro atoms. The van der Waals surface area contributed by atoms with E-state index in [1.54, 1.807) is 6.07 Å². The molecule has 0 bridgehead atoms. The Bertz CT molecular complexity index is 931. The van der Waals surface area contributed by atoms with Gasteiger partial charge in [-0.25, -0.2) is 5.43 Å². The van der Waals surface area contributed by atoms with Gasteiger partial charge in [0.2, 0.25) is 0 Å². The van der Waals surface area contributed by atoms with E-state index in [1.807, 2.05) is 54.6 Å². The fourth-order valence-electron chi connectivity index (χ4n) is 2.93. The lowest BCUT2D eigenvalue weighted by atomic mass is 10.1. The third-order valence-electron chi connectivity index (χ3n) is 4.04. The van der Waals surface area contributed by atoms with Crippen LogP contribution in [0.5, 0.6) is 0 Å². The minimum atomic E-state index is -0.200.